The molecule has 0 atom stereocenters. The molecule has 3 aromatic rings. The first-order valence-electron chi connectivity index (χ1n) is 10.8. The van der Waals surface area contributed by atoms with E-state index in [1.165, 1.54) is 11.6 Å². The van der Waals surface area contributed by atoms with Crippen LogP contribution >= 0.6 is 0 Å². The monoisotopic (exact) mass is 420 g/mol. The van der Waals surface area contributed by atoms with E-state index in [9.17, 15) is 14.7 Å². The Morgan fingerprint density at radius 1 is 1.16 bits per heavy atom. The van der Waals surface area contributed by atoms with Crippen LogP contribution in [0.15, 0.2) is 57.7 Å². The van der Waals surface area contributed by atoms with Crippen LogP contribution < -0.4 is 10.9 Å². The Morgan fingerprint density at radius 3 is 2.65 bits per heavy atom. The number of carbonyl (C=O) groups is 1. The van der Waals surface area contributed by atoms with Crippen molar-refractivity contribution >= 4 is 16.9 Å². The van der Waals surface area contributed by atoms with E-state index in [1.807, 2.05) is 13.0 Å². The fourth-order valence-electron chi connectivity index (χ4n) is 4.29. The summed E-state index contributed by atoms with van der Waals surface area (Å²) in [6.45, 7) is 4.71. The standard InChI is InChI=1S/C25H28N2O4/c1-17-21-8-7-20(28)15-23(21)31-25(30)22(17)9-10-24(29)26-19-11-13-27(14-12-19)16-18-5-3-2-4-6-18/h2-8,15,19,28H,9-14,16H2,1H3,(H,26,29). The lowest BCUT2D eigenvalue weighted by molar-refractivity contribution is -0.122. The minimum atomic E-state index is -0.447. The summed E-state index contributed by atoms with van der Waals surface area (Å²) in [5.41, 5.74) is 2.54. The topological polar surface area (TPSA) is 82.8 Å². The van der Waals surface area contributed by atoms with E-state index >= 15 is 0 Å². The molecule has 4 rings (SSSR count). The molecule has 6 nitrogen and oxygen atoms in total. The van der Waals surface area contributed by atoms with E-state index in [-0.39, 0.29) is 24.1 Å². The van der Waals surface area contributed by atoms with Crippen LogP contribution in [0.1, 0.15) is 36.0 Å². The fraction of sp³-hybridized carbons (Fsp3) is 0.360. The van der Waals surface area contributed by atoms with Crippen molar-refractivity contribution in [3.05, 3.63) is 75.6 Å². The van der Waals surface area contributed by atoms with Crippen LogP contribution in [-0.2, 0) is 17.8 Å². The molecular weight excluding hydrogens is 392 g/mol. The van der Waals surface area contributed by atoms with Crippen LogP contribution in [0.3, 0.4) is 0 Å². The van der Waals surface area contributed by atoms with Crippen LogP contribution in [0.25, 0.3) is 11.0 Å². The predicted octanol–water partition coefficient (Wildman–Crippen LogP) is 3.52. The number of likely N-dealkylation sites (tertiary alicyclic amines) is 1. The number of fused-ring (bicyclic) bond motifs is 1. The molecule has 2 heterocycles. The highest BCUT2D eigenvalue weighted by Gasteiger charge is 2.21. The van der Waals surface area contributed by atoms with E-state index in [1.54, 1.807) is 12.1 Å². The SMILES string of the molecule is Cc1c(CCC(=O)NC2CCN(Cc3ccccc3)CC2)c(=O)oc2cc(O)ccc12. The molecule has 2 aromatic carbocycles. The van der Waals surface area contributed by atoms with Gasteiger partial charge in [0.25, 0.3) is 0 Å². The fourth-order valence-corrected chi connectivity index (χ4v) is 4.29. The molecule has 1 aliphatic heterocycles. The number of aromatic hydroxyl groups is 1. The molecule has 6 heteroatoms. The van der Waals surface area contributed by atoms with Gasteiger partial charge >= 0.3 is 5.63 Å². The third-order valence-corrected chi connectivity index (χ3v) is 6.07. The van der Waals surface area contributed by atoms with Gasteiger partial charge in [0.1, 0.15) is 11.3 Å². The molecule has 1 aliphatic rings. The number of aryl methyl sites for hydroxylation is 1. The number of phenolic OH excluding ortho intramolecular Hbond substituents is 1. The summed E-state index contributed by atoms with van der Waals surface area (Å²) < 4.78 is 5.34. The number of rotatable bonds is 6. The van der Waals surface area contributed by atoms with Crippen LogP contribution in [0, 0.1) is 6.92 Å². The van der Waals surface area contributed by atoms with Gasteiger partial charge in [0.05, 0.1) is 0 Å². The van der Waals surface area contributed by atoms with Crippen molar-refractivity contribution in [2.24, 2.45) is 0 Å². The number of nitrogens with one attached hydrogen (secondary N) is 1. The number of carbonyl (C=O) groups excluding carboxylic acids is 1. The molecule has 0 unspecified atom stereocenters. The summed E-state index contributed by atoms with van der Waals surface area (Å²) in [5, 5.41) is 13.5. The van der Waals surface area contributed by atoms with Gasteiger partial charge in [0.15, 0.2) is 0 Å². The predicted molar refractivity (Wildman–Crippen MR) is 120 cm³/mol. The Balaban J connectivity index is 1.29. The zero-order valence-corrected chi connectivity index (χ0v) is 17.8. The molecule has 1 saturated heterocycles. The van der Waals surface area contributed by atoms with Gasteiger partial charge in [-0.2, -0.15) is 0 Å². The molecule has 162 valence electrons. The summed E-state index contributed by atoms with van der Waals surface area (Å²) in [7, 11) is 0. The van der Waals surface area contributed by atoms with Crippen molar-refractivity contribution in [3.8, 4) is 5.75 Å². The molecule has 0 radical (unpaired) electrons. The number of nitrogens with zero attached hydrogens (tertiary/aromatic N) is 1. The van der Waals surface area contributed by atoms with Crippen molar-refractivity contribution in [3.63, 3.8) is 0 Å². The Hall–Kier alpha value is -3.12. The van der Waals surface area contributed by atoms with Crippen LogP contribution in [-0.4, -0.2) is 35.0 Å². The van der Waals surface area contributed by atoms with Gasteiger partial charge in [0, 0.05) is 49.1 Å². The lowest BCUT2D eigenvalue weighted by Gasteiger charge is -2.32. The summed E-state index contributed by atoms with van der Waals surface area (Å²) in [4.78, 5) is 27.3. The van der Waals surface area contributed by atoms with Crippen molar-refractivity contribution in [1.29, 1.82) is 0 Å². The first-order valence-corrected chi connectivity index (χ1v) is 10.8. The molecule has 31 heavy (non-hydrogen) atoms. The van der Waals surface area contributed by atoms with Crippen LogP contribution in [0.5, 0.6) is 5.75 Å². The zero-order chi connectivity index (χ0) is 21.8. The second-order valence-corrected chi connectivity index (χ2v) is 8.28. The molecule has 0 spiro atoms. The number of hydrogen-bond donors (Lipinski definition) is 2. The number of piperidine rings is 1. The van der Waals surface area contributed by atoms with Crippen molar-refractivity contribution in [1.82, 2.24) is 10.2 Å². The second-order valence-electron chi connectivity index (χ2n) is 8.28. The highest BCUT2D eigenvalue weighted by Crippen LogP contribution is 2.24. The normalized spacial score (nSPS) is 15.3. The van der Waals surface area contributed by atoms with E-state index in [0.29, 0.717) is 17.6 Å². The second kappa shape index (κ2) is 9.35. The van der Waals surface area contributed by atoms with Crippen molar-refractivity contribution in [2.45, 2.75) is 45.2 Å². The van der Waals surface area contributed by atoms with E-state index < -0.39 is 5.63 Å². The summed E-state index contributed by atoms with van der Waals surface area (Å²) >= 11 is 0. The highest BCUT2D eigenvalue weighted by molar-refractivity contribution is 5.82. The lowest BCUT2D eigenvalue weighted by Crippen LogP contribution is -2.44. The molecule has 1 amide bonds. The Bertz CT molecular complexity index is 1120. The quantitative estimate of drug-likeness (QED) is 0.596. The third kappa shape index (κ3) is 5.14. The van der Waals surface area contributed by atoms with Gasteiger partial charge in [-0.1, -0.05) is 30.3 Å². The molecule has 0 saturated carbocycles. The van der Waals surface area contributed by atoms with E-state index in [2.05, 4.69) is 34.5 Å². The average molecular weight is 421 g/mol. The molecule has 0 aliphatic carbocycles. The molecule has 1 fully saturated rings. The Labute approximate surface area is 181 Å². The summed E-state index contributed by atoms with van der Waals surface area (Å²) in [6, 6.07) is 15.3. The van der Waals surface area contributed by atoms with Gasteiger partial charge in [0.2, 0.25) is 5.91 Å². The average Bonchev–Trinajstić information content (AvgIpc) is 2.75. The Morgan fingerprint density at radius 2 is 1.90 bits per heavy atom. The van der Waals surface area contributed by atoms with Crippen LogP contribution in [0.2, 0.25) is 0 Å². The van der Waals surface area contributed by atoms with Crippen molar-refractivity contribution < 1.29 is 14.3 Å². The molecule has 0 bridgehead atoms. The van der Waals surface area contributed by atoms with Gasteiger partial charge in [-0.15, -0.1) is 0 Å². The van der Waals surface area contributed by atoms with Gasteiger partial charge in [-0.3, -0.25) is 9.69 Å². The zero-order valence-electron chi connectivity index (χ0n) is 17.8. The lowest BCUT2D eigenvalue weighted by atomic mass is 10.0. The minimum Gasteiger partial charge on any atom is -0.508 e. The van der Waals surface area contributed by atoms with Gasteiger partial charge in [-0.25, -0.2) is 4.79 Å². The minimum absolute atomic E-state index is 0.0360. The molecular formula is C25H28N2O4. The maximum Gasteiger partial charge on any atom is 0.339 e. The number of hydrogen-bond acceptors (Lipinski definition) is 5. The van der Waals surface area contributed by atoms with Crippen LogP contribution in [0.4, 0.5) is 0 Å². The Kier molecular flexibility index (Phi) is 6.37. The highest BCUT2D eigenvalue weighted by atomic mass is 16.4. The largest absolute Gasteiger partial charge is 0.508 e. The number of amides is 1. The smallest absolute Gasteiger partial charge is 0.339 e. The number of benzene rings is 2. The van der Waals surface area contributed by atoms with E-state index in [0.717, 1.165) is 43.4 Å². The maximum atomic E-state index is 12.5. The third-order valence-electron chi connectivity index (χ3n) is 6.07. The van der Waals surface area contributed by atoms with Gasteiger partial charge < -0.3 is 14.8 Å². The van der Waals surface area contributed by atoms with E-state index in [4.69, 9.17) is 4.42 Å². The molecule has 2 N–H and O–H groups in total. The first-order chi connectivity index (χ1) is 15.0. The summed E-state index contributed by atoms with van der Waals surface area (Å²) in [5.74, 6) is 0.0168. The summed E-state index contributed by atoms with van der Waals surface area (Å²) in [6.07, 6.45) is 2.45. The molecule has 1 aromatic heterocycles. The van der Waals surface area contributed by atoms with Gasteiger partial charge in [-0.05, 0) is 49.4 Å². The number of phenols is 1. The van der Waals surface area contributed by atoms with Crippen molar-refractivity contribution in [2.75, 3.05) is 13.1 Å². The first kappa shape index (κ1) is 21.1. The maximum absolute atomic E-state index is 12.5.